The van der Waals surface area contributed by atoms with Crippen LogP contribution in [0.5, 0.6) is 0 Å². The lowest BCUT2D eigenvalue weighted by atomic mass is 10.1. The van der Waals surface area contributed by atoms with Crippen molar-refractivity contribution in [3.05, 3.63) is 44.7 Å². The van der Waals surface area contributed by atoms with Gasteiger partial charge in [0.05, 0.1) is 0 Å². The lowest BCUT2D eigenvalue weighted by Gasteiger charge is -2.02. The van der Waals surface area contributed by atoms with Crippen molar-refractivity contribution in [3.8, 4) is 0 Å². The highest BCUT2D eigenvalue weighted by molar-refractivity contribution is 9.10. The van der Waals surface area contributed by atoms with Crippen molar-refractivity contribution in [2.24, 2.45) is 0 Å². The Morgan fingerprint density at radius 2 is 2.07 bits per heavy atom. The Morgan fingerprint density at radius 1 is 1.27 bits per heavy atom. The summed E-state index contributed by atoms with van der Waals surface area (Å²) in [6.07, 6.45) is 2.41. The van der Waals surface area contributed by atoms with Crippen molar-refractivity contribution in [1.29, 1.82) is 0 Å². The maximum Gasteiger partial charge on any atom is 0.189 e. The van der Waals surface area contributed by atoms with Crippen molar-refractivity contribution in [1.82, 2.24) is 4.98 Å². The van der Waals surface area contributed by atoms with Crippen molar-refractivity contribution in [3.63, 3.8) is 0 Å². The van der Waals surface area contributed by atoms with E-state index < -0.39 is 0 Å². The minimum Gasteiger partial charge on any atom is -0.358 e. The predicted octanol–water partition coefficient (Wildman–Crippen LogP) is 3.17. The van der Waals surface area contributed by atoms with Crippen LogP contribution in [0.1, 0.15) is 24.5 Å². The molecule has 1 saturated carbocycles. The summed E-state index contributed by atoms with van der Waals surface area (Å²) in [7, 11) is 0. The molecule has 0 saturated heterocycles. The second kappa shape index (κ2) is 3.20. The van der Waals surface area contributed by atoms with Crippen LogP contribution in [0.2, 0.25) is 0 Å². The Kier molecular flexibility index (Phi) is 1.96. The van der Waals surface area contributed by atoms with E-state index >= 15 is 0 Å². The number of benzene rings is 1. The summed E-state index contributed by atoms with van der Waals surface area (Å²) in [6.45, 7) is 0. The Hall–Kier alpha value is -1.09. The van der Waals surface area contributed by atoms with E-state index in [2.05, 4.69) is 20.9 Å². The fraction of sp³-hybridized carbons (Fsp3) is 0.250. The van der Waals surface area contributed by atoms with Crippen molar-refractivity contribution in [2.75, 3.05) is 0 Å². The van der Waals surface area contributed by atoms with Gasteiger partial charge < -0.3 is 4.98 Å². The lowest BCUT2D eigenvalue weighted by molar-refractivity contribution is 1.04. The monoisotopic (exact) mass is 263 g/mol. The van der Waals surface area contributed by atoms with Crippen molar-refractivity contribution in [2.45, 2.75) is 18.8 Å². The topological polar surface area (TPSA) is 32.9 Å². The lowest BCUT2D eigenvalue weighted by Crippen LogP contribution is -2.04. The number of nitrogens with one attached hydrogen (secondary N) is 1. The molecule has 0 spiro atoms. The fourth-order valence-electron chi connectivity index (χ4n) is 1.85. The molecular formula is C12H10BrNO. The zero-order chi connectivity index (χ0) is 10.4. The molecule has 1 fully saturated rings. The van der Waals surface area contributed by atoms with Crippen LogP contribution in [0.4, 0.5) is 0 Å². The van der Waals surface area contributed by atoms with E-state index in [1.54, 1.807) is 6.07 Å². The van der Waals surface area contributed by atoms with E-state index in [9.17, 15) is 4.79 Å². The number of aromatic nitrogens is 1. The van der Waals surface area contributed by atoms with Gasteiger partial charge in [-0.05, 0) is 37.0 Å². The number of fused-ring (bicyclic) bond motifs is 1. The molecule has 3 rings (SSSR count). The molecule has 0 amide bonds. The van der Waals surface area contributed by atoms with E-state index in [1.165, 1.54) is 12.8 Å². The number of hydrogen-bond acceptors (Lipinski definition) is 1. The molecule has 1 aliphatic rings. The van der Waals surface area contributed by atoms with Gasteiger partial charge in [-0.15, -0.1) is 0 Å². The molecule has 2 aromatic rings. The van der Waals surface area contributed by atoms with Gasteiger partial charge in [0, 0.05) is 27.1 Å². The number of hydrogen-bond donors (Lipinski definition) is 1. The van der Waals surface area contributed by atoms with E-state index in [0.717, 1.165) is 21.1 Å². The van der Waals surface area contributed by atoms with Crippen molar-refractivity contribution < 1.29 is 0 Å². The van der Waals surface area contributed by atoms with Crippen LogP contribution in [0.15, 0.2) is 33.5 Å². The Balaban J connectivity index is 2.31. The number of H-pyrrole nitrogens is 1. The zero-order valence-corrected chi connectivity index (χ0v) is 9.67. The average molecular weight is 264 g/mol. The molecule has 1 heterocycles. The largest absolute Gasteiger partial charge is 0.358 e. The van der Waals surface area contributed by atoms with Gasteiger partial charge in [-0.1, -0.05) is 15.9 Å². The molecule has 1 aliphatic carbocycles. The molecule has 0 unspecified atom stereocenters. The van der Waals surface area contributed by atoms with Gasteiger partial charge in [-0.25, -0.2) is 0 Å². The van der Waals surface area contributed by atoms with E-state index in [-0.39, 0.29) is 5.43 Å². The first-order chi connectivity index (χ1) is 7.24. The minimum absolute atomic E-state index is 0.118. The molecular weight excluding hydrogens is 254 g/mol. The molecule has 0 atom stereocenters. The quantitative estimate of drug-likeness (QED) is 0.843. The number of halogens is 1. The highest BCUT2D eigenvalue weighted by atomic mass is 79.9. The highest BCUT2D eigenvalue weighted by Gasteiger charge is 2.24. The maximum absolute atomic E-state index is 11.8. The standard InChI is InChI=1S/C12H10BrNO/c13-8-3-4-10-9(5-8)12(15)6-11(14-10)7-1-2-7/h3-7H,1-2H2,(H,14,15). The summed E-state index contributed by atoms with van der Waals surface area (Å²) in [5.74, 6) is 0.589. The van der Waals surface area contributed by atoms with Crippen LogP contribution < -0.4 is 5.43 Å². The van der Waals surface area contributed by atoms with Gasteiger partial charge in [-0.3, -0.25) is 4.79 Å². The zero-order valence-electron chi connectivity index (χ0n) is 8.09. The highest BCUT2D eigenvalue weighted by Crippen LogP contribution is 2.38. The van der Waals surface area contributed by atoms with Crippen LogP contribution in [-0.4, -0.2) is 4.98 Å². The first kappa shape index (κ1) is 9.16. The Bertz CT molecular complexity index is 584. The molecule has 1 N–H and O–H groups in total. The Morgan fingerprint density at radius 3 is 2.80 bits per heavy atom. The van der Waals surface area contributed by atoms with Crippen LogP contribution in [0.3, 0.4) is 0 Å². The second-order valence-electron chi connectivity index (χ2n) is 4.05. The summed E-state index contributed by atoms with van der Waals surface area (Å²) in [6, 6.07) is 7.51. The second-order valence-corrected chi connectivity index (χ2v) is 4.97. The predicted molar refractivity (Wildman–Crippen MR) is 64.2 cm³/mol. The van der Waals surface area contributed by atoms with Crippen LogP contribution in [0, 0.1) is 0 Å². The Labute approximate surface area is 95.5 Å². The van der Waals surface area contributed by atoms with Gasteiger partial charge in [0.15, 0.2) is 5.43 Å². The third kappa shape index (κ3) is 1.61. The first-order valence-corrected chi connectivity index (χ1v) is 5.86. The average Bonchev–Trinajstić information content (AvgIpc) is 3.02. The van der Waals surface area contributed by atoms with E-state index in [1.807, 2.05) is 18.2 Å². The third-order valence-electron chi connectivity index (χ3n) is 2.83. The SMILES string of the molecule is O=c1cc(C2CC2)[nH]c2ccc(Br)cc12. The molecule has 2 nitrogen and oxygen atoms in total. The fourth-order valence-corrected chi connectivity index (χ4v) is 2.22. The molecule has 0 bridgehead atoms. The van der Waals surface area contributed by atoms with Gasteiger partial charge in [0.2, 0.25) is 0 Å². The van der Waals surface area contributed by atoms with Gasteiger partial charge in [0.25, 0.3) is 0 Å². The summed E-state index contributed by atoms with van der Waals surface area (Å²) in [5, 5.41) is 0.758. The normalized spacial score (nSPS) is 15.8. The van der Waals surface area contributed by atoms with Crippen LogP contribution in [0.25, 0.3) is 10.9 Å². The molecule has 1 aromatic heterocycles. The molecule has 0 radical (unpaired) electrons. The summed E-state index contributed by atoms with van der Waals surface area (Å²) >= 11 is 3.37. The number of aromatic amines is 1. The smallest absolute Gasteiger partial charge is 0.189 e. The maximum atomic E-state index is 11.8. The summed E-state index contributed by atoms with van der Waals surface area (Å²) in [5.41, 5.74) is 2.15. The summed E-state index contributed by atoms with van der Waals surface area (Å²) < 4.78 is 0.944. The molecule has 3 heteroatoms. The minimum atomic E-state index is 0.118. The third-order valence-corrected chi connectivity index (χ3v) is 3.32. The number of rotatable bonds is 1. The van der Waals surface area contributed by atoms with Crippen molar-refractivity contribution >= 4 is 26.8 Å². The molecule has 1 aromatic carbocycles. The van der Waals surface area contributed by atoms with Crippen LogP contribution >= 0.6 is 15.9 Å². The molecule has 76 valence electrons. The van der Waals surface area contributed by atoms with Gasteiger partial charge in [0.1, 0.15) is 0 Å². The van der Waals surface area contributed by atoms with Gasteiger partial charge in [-0.2, -0.15) is 0 Å². The summed E-state index contributed by atoms with van der Waals surface area (Å²) in [4.78, 5) is 15.2. The molecule has 15 heavy (non-hydrogen) atoms. The molecule has 0 aliphatic heterocycles. The van der Waals surface area contributed by atoms with E-state index in [0.29, 0.717) is 5.92 Å². The van der Waals surface area contributed by atoms with Gasteiger partial charge >= 0.3 is 0 Å². The van der Waals surface area contributed by atoms with Crippen LogP contribution in [-0.2, 0) is 0 Å². The first-order valence-electron chi connectivity index (χ1n) is 5.06. The number of pyridine rings is 1. The van der Waals surface area contributed by atoms with E-state index in [4.69, 9.17) is 0 Å².